The van der Waals surface area contributed by atoms with E-state index in [9.17, 15) is 0 Å². The van der Waals surface area contributed by atoms with Crippen LogP contribution in [0.5, 0.6) is 0 Å². The number of rotatable bonds is 10. The number of anilines is 1. The Morgan fingerprint density at radius 1 is 1.17 bits per heavy atom. The summed E-state index contributed by atoms with van der Waals surface area (Å²) < 4.78 is 5.55. The Bertz CT molecular complexity index is 466. The number of nitrogens with one attached hydrogen (secondary N) is 2. The van der Waals surface area contributed by atoms with E-state index in [1.54, 1.807) is 7.05 Å². The van der Waals surface area contributed by atoms with Gasteiger partial charge in [0.05, 0.1) is 0 Å². The molecule has 1 rings (SSSR count). The summed E-state index contributed by atoms with van der Waals surface area (Å²) in [5.74, 6) is 0.828. The zero-order valence-corrected chi connectivity index (χ0v) is 17.8. The van der Waals surface area contributed by atoms with E-state index in [-0.39, 0.29) is 24.0 Å². The lowest BCUT2D eigenvalue weighted by molar-refractivity contribution is 0.129. The monoisotopic (exact) mass is 448 g/mol. The molecular formula is C18H33IN4O. The van der Waals surface area contributed by atoms with Gasteiger partial charge in [0, 0.05) is 53.1 Å². The maximum atomic E-state index is 5.55. The maximum absolute atomic E-state index is 5.55. The van der Waals surface area contributed by atoms with Crippen molar-refractivity contribution in [2.24, 2.45) is 4.99 Å². The van der Waals surface area contributed by atoms with Crippen LogP contribution >= 0.6 is 24.0 Å². The van der Waals surface area contributed by atoms with Gasteiger partial charge in [0.15, 0.2) is 5.96 Å². The minimum absolute atomic E-state index is 0. The lowest BCUT2D eigenvalue weighted by atomic mass is 10.2. The number of halogens is 1. The molecule has 2 N–H and O–H groups in total. The first-order valence-corrected chi connectivity index (χ1v) is 8.46. The summed E-state index contributed by atoms with van der Waals surface area (Å²) in [4.78, 5) is 6.36. The van der Waals surface area contributed by atoms with Gasteiger partial charge in [0.2, 0.25) is 0 Å². The smallest absolute Gasteiger partial charge is 0.191 e. The third kappa shape index (κ3) is 9.97. The van der Waals surface area contributed by atoms with Crippen molar-refractivity contribution < 1.29 is 4.74 Å². The van der Waals surface area contributed by atoms with Gasteiger partial charge >= 0.3 is 0 Å². The molecule has 0 fully saturated rings. The topological polar surface area (TPSA) is 48.9 Å². The van der Waals surface area contributed by atoms with Gasteiger partial charge in [-0.2, -0.15) is 0 Å². The van der Waals surface area contributed by atoms with E-state index in [1.165, 1.54) is 17.7 Å². The molecule has 1 aromatic carbocycles. The van der Waals surface area contributed by atoms with E-state index in [2.05, 4.69) is 65.8 Å². The van der Waals surface area contributed by atoms with Crippen LogP contribution in [0.4, 0.5) is 5.69 Å². The number of hydrogen-bond acceptors (Lipinski definition) is 3. The van der Waals surface area contributed by atoms with E-state index < -0.39 is 0 Å². The molecule has 0 aromatic heterocycles. The summed E-state index contributed by atoms with van der Waals surface area (Å²) in [6.45, 7) is 5.47. The van der Waals surface area contributed by atoms with Gasteiger partial charge in [-0.25, -0.2) is 0 Å². The molecule has 6 heteroatoms. The van der Waals surface area contributed by atoms with Crippen LogP contribution in [0, 0.1) is 0 Å². The second-order valence-electron chi connectivity index (χ2n) is 5.74. The molecule has 0 heterocycles. The predicted molar refractivity (Wildman–Crippen MR) is 115 cm³/mol. The van der Waals surface area contributed by atoms with Crippen molar-refractivity contribution in [1.82, 2.24) is 10.6 Å². The van der Waals surface area contributed by atoms with Crippen LogP contribution in [-0.2, 0) is 11.3 Å². The van der Waals surface area contributed by atoms with E-state index in [0.717, 1.165) is 45.1 Å². The number of hydrogen-bond donors (Lipinski definition) is 2. The minimum atomic E-state index is 0. The maximum Gasteiger partial charge on any atom is 0.191 e. The number of unbranched alkanes of at least 4 members (excludes halogenated alkanes) is 1. The average Bonchev–Trinajstić information content (AvgIpc) is 2.57. The van der Waals surface area contributed by atoms with Gasteiger partial charge in [-0.15, -0.1) is 24.0 Å². The first kappa shape index (κ1) is 23.0. The number of ether oxygens (including phenoxy) is 1. The molecule has 0 aliphatic carbocycles. The number of benzene rings is 1. The third-order valence-corrected chi connectivity index (χ3v) is 3.51. The largest absolute Gasteiger partial charge is 0.381 e. The van der Waals surface area contributed by atoms with Gasteiger partial charge in [0.1, 0.15) is 0 Å². The zero-order valence-electron chi connectivity index (χ0n) is 15.5. The fraction of sp³-hybridized carbons (Fsp3) is 0.611. The minimum Gasteiger partial charge on any atom is -0.381 e. The molecule has 0 radical (unpaired) electrons. The summed E-state index contributed by atoms with van der Waals surface area (Å²) in [6.07, 6.45) is 3.31. The Morgan fingerprint density at radius 3 is 2.58 bits per heavy atom. The Labute approximate surface area is 164 Å². The Balaban J connectivity index is 0.00000529. The van der Waals surface area contributed by atoms with E-state index in [4.69, 9.17) is 4.74 Å². The molecule has 0 saturated heterocycles. The van der Waals surface area contributed by atoms with Crippen LogP contribution in [0.25, 0.3) is 0 Å². The van der Waals surface area contributed by atoms with Gasteiger partial charge in [0.25, 0.3) is 0 Å². The lowest BCUT2D eigenvalue weighted by Crippen LogP contribution is -2.37. The van der Waals surface area contributed by atoms with Gasteiger partial charge < -0.3 is 20.3 Å². The van der Waals surface area contributed by atoms with Gasteiger partial charge in [-0.3, -0.25) is 4.99 Å². The molecule has 0 bridgehead atoms. The second kappa shape index (κ2) is 14.3. The average molecular weight is 448 g/mol. The fourth-order valence-corrected chi connectivity index (χ4v) is 2.08. The van der Waals surface area contributed by atoms with E-state index >= 15 is 0 Å². The second-order valence-corrected chi connectivity index (χ2v) is 5.74. The fourth-order valence-electron chi connectivity index (χ4n) is 2.08. The molecule has 0 aliphatic heterocycles. The molecule has 138 valence electrons. The molecule has 0 atom stereocenters. The quantitative estimate of drug-likeness (QED) is 0.250. The number of aliphatic imine (C=N–C) groups is 1. The van der Waals surface area contributed by atoms with Crippen LogP contribution in [0.15, 0.2) is 29.3 Å². The van der Waals surface area contributed by atoms with Crippen molar-refractivity contribution in [3.8, 4) is 0 Å². The normalized spacial score (nSPS) is 10.9. The Morgan fingerprint density at radius 2 is 1.92 bits per heavy atom. The first-order chi connectivity index (χ1) is 11.2. The molecule has 1 aromatic rings. The first-order valence-electron chi connectivity index (χ1n) is 8.46. The standard InChI is InChI=1S/C18H32N4O.HI/c1-5-6-12-23-13-8-11-20-18(19-2)21-15-16-9-7-10-17(14-16)22(3)4;/h7,9-10,14H,5-6,8,11-13,15H2,1-4H3,(H2,19,20,21);1H. The third-order valence-electron chi connectivity index (χ3n) is 3.51. The van der Waals surface area contributed by atoms with Gasteiger partial charge in [-0.1, -0.05) is 25.5 Å². The zero-order chi connectivity index (χ0) is 16.9. The highest BCUT2D eigenvalue weighted by atomic mass is 127. The van der Waals surface area contributed by atoms with Crippen LogP contribution in [0.3, 0.4) is 0 Å². The van der Waals surface area contributed by atoms with E-state index in [0.29, 0.717) is 0 Å². The van der Waals surface area contributed by atoms with Crippen LogP contribution in [0.2, 0.25) is 0 Å². The Kier molecular flexibility index (Phi) is 13.7. The van der Waals surface area contributed by atoms with Crippen molar-refractivity contribution in [3.63, 3.8) is 0 Å². The van der Waals surface area contributed by atoms with Crippen LogP contribution < -0.4 is 15.5 Å². The van der Waals surface area contributed by atoms with Crippen molar-refractivity contribution >= 4 is 35.6 Å². The number of nitrogens with zero attached hydrogens (tertiary/aromatic N) is 2. The lowest BCUT2D eigenvalue weighted by Gasteiger charge is -2.15. The van der Waals surface area contributed by atoms with Crippen LogP contribution in [0.1, 0.15) is 31.7 Å². The summed E-state index contributed by atoms with van der Waals surface area (Å²) >= 11 is 0. The summed E-state index contributed by atoms with van der Waals surface area (Å²) in [6, 6.07) is 8.49. The Hall–Kier alpha value is -1.02. The molecule has 0 unspecified atom stereocenters. The van der Waals surface area contributed by atoms with Gasteiger partial charge in [-0.05, 0) is 30.5 Å². The number of guanidine groups is 1. The summed E-state index contributed by atoms with van der Waals surface area (Å²) in [7, 11) is 5.90. The van der Waals surface area contributed by atoms with E-state index in [1.807, 2.05) is 0 Å². The molecule has 5 nitrogen and oxygen atoms in total. The summed E-state index contributed by atoms with van der Waals surface area (Å²) in [5, 5.41) is 6.66. The molecule has 24 heavy (non-hydrogen) atoms. The van der Waals surface area contributed by atoms with Crippen LogP contribution in [-0.4, -0.2) is 46.9 Å². The van der Waals surface area contributed by atoms with Crippen molar-refractivity contribution in [1.29, 1.82) is 0 Å². The molecule has 0 spiro atoms. The predicted octanol–water partition coefficient (Wildman–Crippen LogP) is 3.24. The molecular weight excluding hydrogens is 415 g/mol. The van der Waals surface area contributed by atoms with Crippen molar-refractivity contribution in [2.45, 2.75) is 32.7 Å². The highest BCUT2D eigenvalue weighted by molar-refractivity contribution is 14.0. The molecule has 0 amide bonds. The highest BCUT2D eigenvalue weighted by Crippen LogP contribution is 2.12. The van der Waals surface area contributed by atoms with Crippen molar-refractivity contribution in [2.75, 3.05) is 45.8 Å². The SMILES string of the molecule is CCCCOCCCNC(=NC)NCc1cccc(N(C)C)c1.I. The van der Waals surface area contributed by atoms with Crippen molar-refractivity contribution in [3.05, 3.63) is 29.8 Å². The molecule has 0 aliphatic rings. The highest BCUT2D eigenvalue weighted by Gasteiger charge is 2.00. The summed E-state index contributed by atoms with van der Waals surface area (Å²) in [5.41, 5.74) is 2.44. The molecule has 0 saturated carbocycles.